The van der Waals surface area contributed by atoms with Crippen molar-refractivity contribution < 1.29 is 4.79 Å². The molecule has 2 aromatic rings. The third-order valence-electron chi connectivity index (χ3n) is 3.64. The van der Waals surface area contributed by atoms with Gasteiger partial charge in [0, 0.05) is 5.70 Å². The summed E-state index contributed by atoms with van der Waals surface area (Å²) in [6.07, 6.45) is 5.77. The summed E-state index contributed by atoms with van der Waals surface area (Å²) >= 11 is 0. The highest BCUT2D eigenvalue weighted by atomic mass is 16.2. The molecule has 0 radical (unpaired) electrons. The molecular formula is C16H15N5O. The Bertz CT molecular complexity index is 853. The molecule has 0 fully saturated rings. The lowest BCUT2D eigenvalue weighted by Gasteiger charge is -2.15. The topological polar surface area (TPSA) is 82.7 Å². The van der Waals surface area contributed by atoms with Crippen LogP contribution in [0.1, 0.15) is 12.5 Å². The van der Waals surface area contributed by atoms with Gasteiger partial charge in [0.1, 0.15) is 0 Å². The number of nitrogens with one attached hydrogen (secondary N) is 2. The second-order valence-electron chi connectivity index (χ2n) is 5.04. The first-order valence-electron chi connectivity index (χ1n) is 6.93. The van der Waals surface area contributed by atoms with E-state index < -0.39 is 0 Å². The van der Waals surface area contributed by atoms with E-state index in [2.05, 4.69) is 21.7 Å². The predicted molar refractivity (Wildman–Crippen MR) is 85.0 cm³/mol. The molecule has 0 unspecified atom stereocenters. The fraction of sp³-hybridized carbons (Fsp3) is 0.188. The van der Waals surface area contributed by atoms with Gasteiger partial charge < -0.3 is 5.32 Å². The molecule has 1 amide bonds. The maximum Gasteiger partial charge on any atom is 0.243 e. The number of rotatable bonds is 4. The van der Waals surface area contributed by atoms with Crippen LogP contribution in [-0.4, -0.2) is 28.5 Å². The van der Waals surface area contributed by atoms with E-state index in [-0.39, 0.29) is 11.9 Å². The Morgan fingerprint density at radius 3 is 2.82 bits per heavy atom. The number of allylic oxidation sites excluding steroid dienone is 4. The number of nitriles is 1. The lowest BCUT2D eigenvalue weighted by Crippen LogP contribution is -2.36. The van der Waals surface area contributed by atoms with Gasteiger partial charge in [0.15, 0.2) is 0 Å². The quantitative estimate of drug-likeness (QED) is 0.901. The number of likely N-dealkylation sites (N-methyl/N-ethyl adjacent to an activating group) is 1. The maximum atomic E-state index is 12.1. The molecule has 1 atom stereocenters. The molecule has 0 saturated heterocycles. The first-order valence-corrected chi connectivity index (χ1v) is 6.93. The van der Waals surface area contributed by atoms with Gasteiger partial charge in [-0.1, -0.05) is 6.08 Å². The number of benzene rings is 1. The van der Waals surface area contributed by atoms with Gasteiger partial charge in [-0.15, -0.1) is 0 Å². The van der Waals surface area contributed by atoms with Gasteiger partial charge in [-0.25, -0.2) is 4.98 Å². The SMILES string of the molecule is CN[C@H](C)C(=O)Nc1nc2ccc(C#N)cc2n1C1=CC=C1. The molecule has 0 bridgehead atoms. The van der Waals surface area contributed by atoms with Crippen LogP contribution in [0.5, 0.6) is 0 Å². The molecule has 1 aromatic heterocycles. The number of nitrogens with zero attached hydrogens (tertiary/aromatic N) is 3. The molecule has 22 heavy (non-hydrogen) atoms. The Balaban J connectivity index is 2.09. The van der Waals surface area contributed by atoms with E-state index in [9.17, 15) is 4.79 Å². The minimum atomic E-state index is -0.325. The molecule has 3 rings (SSSR count). The highest BCUT2D eigenvalue weighted by Crippen LogP contribution is 2.28. The molecule has 1 heterocycles. The first-order chi connectivity index (χ1) is 10.6. The van der Waals surface area contributed by atoms with Gasteiger partial charge in [0.05, 0.1) is 28.7 Å². The number of amides is 1. The number of aromatic nitrogens is 2. The van der Waals surface area contributed by atoms with E-state index in [0.717, 1.165) is 16.7 Å². The van der Waals surface area contributed by atoms with Gasteiger partial charge in [0.2, 0.25) is 11.9 Å². The monoisotopic (exact) mass is 293 g/mol. The van der Waals surface area contributed by atoms with Crippen LogP contribution in [-0.2, 0) is 4.79 Å². The number of fused-ring (bicyclic) bond motifs is 1. The number of carbonyl (C=O) groups is 1. The van der Waals surface area contributed by atoms with Crippen molar-refractivity contribution in [2.75, 3.05) is 12.4 Å². The van der Waals surface area contributed by atoms with Crippen molar-refractivity contribution in [2.24, 2.45) is 0 Å². The van der Waals surface area contributed by atoms with Gasteiger partial charge in [-0.05, 0) is 44.3 Å². The van der Waals surface area contributed by atoms with Crippen molar-refractivity contribution in [3.8, 4) is 6.07 Å². The van der Waals surface area contributed by atoms with E-state index in [4.69, 9.17) is 5.26 Å². The number of anilines is 1. The Labute approximate surface area is 127 Å². The standard InChI is InChI=1S/C16H15N5O/c1-10(18-2)15(22)20-16-19-13-7-6-11(9-17)8-14(13)21(16)12-4-3-5-12/h3-8,10,18H,1-2H3,(H,19,20,22)/t10-/m1/s1. The van der Waals surface area contributed by atoms with Crippen LogP contribution < -0.4 is 10.6 Å². The van der Waals surface area contributed by atoms with Gasteiger partial charge in [-0.3, -0.25) is 14.7 Å². The van der Waals surface area contributed by atoms with E-state index in [0.29, 0.717) is 11.5 Å². The third-order valence-corrected chi connectivity index (χ3v) is 3.64. The Kier molecular flexibility index (Phi) is 3.49. The number of carbonyl (C=O) groups excluding carboxylic acids is 1. The zero-order valence-electron chi connectivity index (χ0n) is 12.3. The summed E-state index contributed by atoms with van der Waals surface area (Å²) in [7, 11) is 1.73. The fourth-order valence-electron chi connectivity index (χ4n) is 2.17. The molecular weight excluding hydrogens is 278 g/mol. The zero-order chi connectivity index (χ0) is 15.7. The highest BCUT2D eigenvalue weighted by molar-refractivity contribution is 5.97. The third kappa shape index (κ3) is 2.28. The summed E-state index contributed by atoms with van der Waals surface area (Å²) in [5.41, 5.74) is 3.00. The fourth-order valence-corrected chi connectivity index (χ4v) is 2.17. The minimum Gasteiger partial charge on any atom is -0.309 e. The number of imidazole rings is 1. The van der Waals surface area contributed by atoms with Crippen LogP contribution >= 0.6 is 0 Å². The van der Waals surface area contributed by atoms with Crippen molar-refractivity contribution in [3.63, 3.8) is 0 Å². The minimum absolute atomic E-state index is 0.163. The normalized spacial score (nSPS) is 14.1. The van der Waals surface area contributed by atoms with Crippen molar-refractivity contribution in [3.05, 3.63) is 42.0 Å². The molecule has 0 aliphatic heterocycles. The summed E-state index contributed by atoms with van der Waals surface area (Å²) < 4.78 is 1.84. The van der Waals surface area contributed by atoms with Crippen LogP contribution in [0.2, 0.25) is 0 Å². The zero-order valence-corrected chi connectivity index (χ0v) is 12.3. The number of hydrogen-bond donors (Lipinski definition) is 2. The van der Waals surface area contributed by atoms with Crippen LogP contribution in [0.4, 0.5) is 5.95 Å². The average Bonchev–Trinajstić information content (AvgIpc) is 2.82. The summed E-state index contributed by atoms with van der Waals surface area (Å²) in [5, 5.41) is 14.8. The summed E-state index contributed by atoms with van der Waals surface area (Å²) in [4.78, 5) is 16.6. The Morgan fingerprint density at radius 2 is 2.23 bits per heavy atom. The number of hydrogen-bond acceptors (Lipinski definition) is 4. The lowest BCUT2D eigenvalue weighted by atomic mass is 10.2. The van der Waals surface area contributed by atoms with Crippen molar-refractivity contribution in [1.29, 1.82) is 5.26 Å². The molecule has 110 valence electrons. The summed E-state index contributed by atoms with van der Waals surface area (Å²) in [5.74, 6) is 0.288. The second kappa shape index (κ2) is 5.47. The molecule has 1 aliphatic rings. The van der Waals surface area contributed by atoms with Crippen LogP contribution in [0.25, 0.3) is 16.7 Å². The molecule has 6 nitrogen and oxygen atoms in total. The molecule has 2 N–H and O–H groups in total. The average molecular weight is 293 g/mol. The molecule has 0 spiro atoms. The molecule has 6 heteroatoms. The molecule has 1 aromatic carbocycles. The van der Waals surface area contributed by atoms with E-state index in [1.54, 1.807) is 32.2 Å². The van der Waals surface area contributed by atoms with Gasteiger partial charge in [0.25, 0.3) is 0 Å². The van der Waals surface area contributed by atoms with Crippen molar-refractivity contribution >= 4 is 28.6 Å². The summed E-state index contributed by atoms with van der Waals surface area (Å²) in [6.45, 7) is 1.78. The largest absolute Gasteiger partial charge is 0.309 e. The van der Waals surface area contributed by atoms with Crippen LogP contribution in [0.3, 0.4) is 0 Å². The van der Waals surface area contributed by atoms with Gasteiger partial charge >= 0.3 is 0 Å². The van der Waals surface area contributed by atoms with Crippen molar-refractivity contribution in [2.45, 2.75) is 13.0 Å². The lowest BCUT2D eigenvalue weighted by molar-refractivity contribution is -0.117. The van der Waals surface area contributed by atoms with E-state index >= 15 is 0 Å². The first kappa shape index (κ1) is 14.0. The second-order valence-corrected chi connectivity index (χ2v) is 5.04. The van der Waals surface area contributed by atoms with Crippen LogP contribution in [0.15, 0.2) is 36.4 Å². The van der Waals surface area contributed by atoms with Crippen molar-refractivity contribution in [1.82, 2.24) is 14.9 Å². The smallest absolute Gasteiger partial charge is 0.243 e. The van der Waals surface area contributed by atoms with Gasteiger partial charge in [-0.2, -0.15) is 5.26 Å². The summed E-state index contributed by atoms with van der Waals surface area (Å²) in [6, 6.07) is 7.06. The predicted octanol–water partition coefficient (Wildman–Crippen LogP) is 1.87. The molecule has 1 aliphatic carbocycles. The van der Waals surface area contributed by atoms with E-state index in [1.165, 1.54) is 0 Å². The maximum absolute atomic E-state index is 12.1. The Morgan fingerprint density at radius 1 is 1.45 bits per heavy atom. The highest BCUT2D eigenvalue weighted by Gasteiger charge is 2.19. The van der Waals surface area contributed by atoms with Crippen LogP contribution in [0, 0.1) is 11.3 Å². The Hall–Kier alpha value is -2.91. The molecule has 0 saturated carbocycles. The van der Waals surface area contributed by atoms with E-state index in [1.807, 2.05) is 22.8 Å².